The third-order valence-electron chi connectivity index (χ3n) is 5.74. The van der Waals surface area contributed by atoms with Crippen LogP contribution in [0.4, 0.5) is 4.79 Å². The van der Waals surface area contributed by atoms with Gasteiger partial charge in [-0.2, -0.15) is 0 Å². The van der Waals surface area contributed by atoms with Gasteiger partial charge in [-0.3, -0.25) is 4.79 Å². The predicted molar refractivity (Wildman–Crippen MR) is 126 cm³/mol. The van der Waals surface area contributed by atoms with E-state index >= 15 is 0 Å². The second-order valence-corrected chi connectivity index (χ2v) is 9.71. The highest BCUT2D eigenvalue weighted by atomic mass is 16.6. The SMILES string of the molecule is CCCCNC(=O)C1CCCC1NC[C@H](O)[C@H](Cc1ccccc1)NC(=O)OC(C)(C)C. The normalized spacial score (nSPS) is 20.4. The summed E-state index contributed by atoms with van der Waals surface area (Å²) in [5.41, 5.74) is 0.397. The Bertz CT molecular complexity index is 705. The van der Waals surface area contributed by atoms with Crippen molar-refractivity contribution in [1.29, 1.82) is 0 Å². The number of rotatable bonds is 11. The lowest BCUT2D eigenvalue weighted by molar-refractivity contribution is -0.125. The van der Waals surface area contributed by atoms with Gasteiger partial charge in [0.2, 0.25) is 5.91 Å². The minimum atomic E-state index is -0.827. The summed E-state index contributed by atoms with van der Waals surface area (Å²) >= 11 is 0. The van der Waals surface area contributed by atoms with E-state index in [1.165, 1.54) is 0 Å². The summed E-state index contributed by atoms with van der Waals surface area (Å²) in [6, 6.07) is 9.26. The van der Waals surface area contributed by atoms with E-state index in [1.54, 1.807) is 0 Å². The molecule has 2 amide bonds. The van der Waals surface area contributed by atoms with Crippen LogP contribution in [0.3, 0.4) is 0 Å². The van der Waals surface area contributed by atoms with Crippen molar-refractivity contribution in [1.82, 2.24) is 16.0 Å². The van der Waals surface area contributed by atoms with Crippen molar-refractivity contribution in [3.63, 3.8) is 0 Å². The standard InChI is InChI=1S/C25H41N3O4/c1-5-6-15-26-23(30)19-13-10-14-20(19)27-17-22(29)21(16-18-11-8-7-9-12-18)28-24(31)32-25(2,3)4/h7-9,11-12,19-22,27,29H,5-6,10,13-17H2,1-4H3,(H,26,30)(H,28,31)/t19?,20?,21-,22-/m0/s1. The number of carbonyl (C=O) groups is 2. The molecule has 4 N–H and O–H groups in total. The average Bonchev–Trinajstić information content (AvgIpc) is 3.20. The molecule has 4 atom stereocenters. The van der Waals surface area contributed by atoms with E-state index in [9.17, 15) is 14.7 Å². The number of aliphatic hydroxyl groups is 1. The van der Waals surface area contributed by atoms with Gasteiger partial charge in [0.1, 0.15) is 5.60 Å². The smallest absolute Gasteiger partial charge is 0.407 e. The number of ether oxygens (including phenoxy) is 1. The zero-order valence-corrected chi connectivity index (χ0v) is 20.0. The summed E-state index contributed by atoms with van der Waals surface area (Å²) < 4.78 is 5.39. The largest absolute Gasteiger partial charge is 0.444 e. The number of benzene rings is 1. The summed E-state index contributed by atoms with van der Waals surface area (Å²) in [7, 11) is 0. The topological polar surface area (TPSA) is 99.7 Å². The molecule has 7 nitrogen and oxygen atoms in total. The molecule has 7 heteroatoms. The molecule has 1 saturated carbocycles. The van der Waals surface area contributed by atoms with E-state index in [2.05, 4.69) is 22.9 Å². The third kappa shape index (κ3) is 9.17. The van der Waals surface area contributed by atoms with Crippen LogP contribution in [0, 0.1) is 5.92 Å². The molecule has 0 radical (unpaired) electrons. The molecular weight excluding hydrogens is 406 g/mol. The molecule has 1 aromatic carbocycles. The van der Waals surface area contributed by atoms with E-state index in [0.717, 1.165) is 37.7 Å². The highest BCUT2D eigenvalue weighted by Gasteiger charge is 2.33. The van der Waals surface area contributed by atoms with Gasteiger partial charge in [0.05, 0.1) is 18.1 Å². The maximum absolute atomic E-state index is 12.5. The predicted octanol–water partition coefficient (Wildman–Crippen LogP) is 3.16. The first-order chi connectivity index (χ1) is 15.2. The molecule has 180 valence electrons. The molecule has 0 aromatic heterocycles. The molecule has 2 rings (SSSR count). The molecule has 1 aliphatic carbocycles. The second-order valence-electron chi connectivity index (χ2n) is 9.71. The first-order valence-electron chi connectivity index (χ1n) is 11.9. The zero-order valence-electron chi connectivity index (χ0n) is 20.0. The van der Waals surface area contributed by atoms with Gasteiger partial charge in [-0.05, 0) is 52.0 Å². The van der Waals surface area contributed by atoms with Crippen LogP contribution in [0.25, 0.3) is 0 Å². The highest BCUT2D eigenvalue weighted by Crippen LogP contribution is 2.26. The average molecular weight is 448 g/mol. The number of unbranched alkanes of at least 4 members (excludes halogenated alkanes) is 1. The first-order valence-corrected chi connectivity index (χ1v) is 11.9. The number of hydrogen-bond donors (Lipinski definition) is 4. The molecule has 1 aliphatic rings. The number of carbonyl (C=O) groups excluding carboxylic acids is 2. The number of nitrogens with one attached hydrogen (secondary N) is 3. The summed E-state index contributed by atoms with van der Waals surface area (Å²) in [4.78, 5) is 24.9. The second kappa shape index (κ2) is 12.8. The van der Waals surface area contributed by atoms with Gasteiger partial charge in [0.25, 0.3) is 0 Å². The Hall–Kier alpha value is -2.12. The highest BCUT2D eigenvalue weighted by molar-refractivity contribution is 5.79. The van der Waals surface area contributed by atoms with Gasteiger partial charge < -0.3 is 25.8 Å². The minimum Gasteiger partial charge on any atom is -0.444 e. The summed E-state index contributed by atoms with van der Waals surface area (Å²) in [6.07, 6.45) is 3.88. The Kier molecular flexibility index (Phi) is 10.5. The molecule has 0 bridgehead atoms. The molecule has 2 unspecified atom stereocenters. The molecule has 1 fully saturated rings. The monoisotopic (exact) mass is 447 g/mol. The van der Waals surface area contributed by atoms with Gasteiger partial charge in [0, 0.05) is 19.1 Å². The van der Waals surface area contributed by atoms with Crippen LogP contribution in [0.5, 0.6) is 0 Å². The number of aliphatic hydroxyl groups excluding tert-OH is 1. The molecule has 0 saturated heterocycles. The van der Waals surface area contributed by atoms with Crippen LogP contribution in [-0.4, -0.2) is 54.0 Å². The first kappa shape index (κ1) is 26.1. The van der Waals surface area contributed by atoms with E-state index in [-0.39, 0.29) is 24.4 Å². The fourth-order valence-electron chi connectivity index (χ4n) is 4.06. The van der Waals surface area contributed by atoms with Crippen molar-refractivity contribution in [2.75, 3.05) is 13.1 Å². The fraction of sp³-hybridized carbons (Fsp3) is 0.680. The molecule has 32 heavy (non-hydrogen) atoms. The Morgan fingerprint density at radius 1 is 1.19 bits per heavy atom. The van der Waals surface area contributed by atoms with E-state index in [0.29, 0.717) is 13.0 Å². The number of amides is 2. The Morgan fingerprint density at radius 2 is 1.91 bits per heavy atom. The fourth-order valence-corrected chi connectivity index (χ4v) is 4.06. The Morgan fingerprint density at radius 3 is 2.56 bits per heavy atom. The quantitative estimate of drug-likeness (QED) is 0.391. The van der Waals surface area contributed by atoms with E-state index in [1.807, 2.05) is 51.1 Å². The van der Waals surface area contributed by atoms with Crippen LogP contribution in [0.2, 0.25) is 0 Å². The van der Waals surface area contributed by atoms with Crippen molar-refractivity contribution < 1.29 is 19.4 Å². The minimum absolute atomic E-state index is 0.0326. The lowest BCUT2D eigenvalue weighted by atomic mass is 9.99. The van der Waals surface area contributed by atoms with Gasteiger partial charge in [-0.1, -0.05) is 50.1 Å². The van der Waals surface area contributed by atoms with Gasteiger partial charge in [-0.15, -0.1) is 0 Å². The Labute approximate surface area is 192 Å². The maximum Gasteiger partial charge on any atom is 0.407 e. The van der Waals surface area contributed by atoms with Gasteiger partial charge in [-0.25, -0.2) is 4.79 Å². The molecule has 0 aliphatic heterocycles. The van der Waals surface area contributed by atoms with E-state index in [4.69, 9.17) is 4.74 Å². The summed E-state index contributed by atoms with van der Waals surface area (Å²) in [5, 5.41) is 20.2. The van der Waals surface area contributed by atoms with Crippen LogP contribution in [-0.2, 0) is 16.0 Å². The van der Waals surface area contributed by atoms with Crippen LogP contribution in [0.1, 0.15) is 65.4 Å². The van der Waals surface area contributed by atoms with Crippen molar-refractivity contribution in [3.8, 4) is 0 Å². The van der Waals surface area contributed by atoms with Gasteiger partial charge >= 0.3 is 6.09 Å². The lowest BCUT2D eigenvalue weighted by Gasteiger charge is -2.28. The lowest BCUT2D eigenvalue weighted by Crippen LogP contribution is -2.52. The Balaban J connectivity index is 1.96. The molecule has 1 aromatic rings. The van der Waals surface area contributed by atoms with Crippen LogP contribution in [0.15, 0.2) is 30.3 Å². The summed E-state index contributed by atoms with van der Waals surface area (Å²) in [5.74, 6) is 0.0149. The summed E-state index contributed by atoms with van der Waals surface area (Å²) in [6.45, 7) is 8.52. The molecule has 0 spiro atoms. The van der Waals surface area contributed by atoms with Crippen molar-refractivity contribution in [2.45, 2.75) is 90.0 Å². The van der Waals surface area contributed by atoms with Crippen LogP contribution >= 0.6 is 0 Å². The maximum atomic E-state index is 12.5. The molecular formula is C25H41N3O4. The van der Waals surface area contributed by atoms with Crippen molar-refractivity contribution in [3.05, 3.63) is 35.9 Å². The van der Waals surface area contributed by atoms with Gasteiger partial charge in [0.15, 0.2) is 0 Å². The zero-order chi connectivity index (χ0) is 23.6. The molecule has 0 heterocycles. The third-order valence-corrected chi connectivity index (χ3v) is 5.74. The van der Waals surface area contributed by atoms with Crippen LogP contribution < -0.4 is 16.0 Å². The number of alkyl carbamates (subject to hydrolysis) is 1. The van der Waals surface area contributed by atoms with Crippen molar-refractivity contribution >= 4 is 12.0 Å². The van der Waals surface area contributed by atoms with Crippen molar-refractivity contribution in [2.24, 2.45) is 5.92 Å². The number of hydrogen-bond acceptors (Lipinski definition) is 5. The van der Waals surface area contributed by atoms with E-state index < -0.39 is 23.8 Å².